The molecule has 2 heterocycles. The summed E-state index contributed by atoms with van der Waals surface area (Å²) in [6.07, 6.45) is 2.48. The van der Waals surface area contributed by atoms with E-state index in [0.29, 0.717) is 15.9 Å². The van der Waals surface area contributed by atoms with Crippen LogP contribution < -0.4 is 10.5 Å². The molecule has 0 fully saturated rings. The minimum Gasteiger partial charge on any atom is -0.310 e. The highest BCUT2D eigenvalue weighted by molar-refractivity contribution is 7.18. The van der Waals surface area contributed by atoms with E-state index in [-0.39, 0.29) is 31.0 Å². The number of aryl methyl sites for hydroxylation is 1. The molecule has 0 bridgehead atoms. The van der Waals surface area contributed by atoms with Crippen molar-refractivity contribution in [3.63, 3.8) is 0 Å². The Hall–Kier alpha value is -2.98. The monoisotopic (exact) mass is 366 g/mol. The number of benzene rings is 1. The van der Waals surface area contributed by atoms with Crippen molar-refractivity contribution in [1.82, 2.24) is 9.55 Å². The molecular weight excluding hydrogens is 348 g/mol. The third kappa shape index (κ3) is 3.65. The van der Waals surface area contributed by atoms with Crippen molar-refractivity contribution in [2.24, 2.45) is 0 Å². The van der Waals surface area contributed by atoms with Gasteiger partial charge in [0.25, 0.3) is 5.56 Å². The first-order chi connectivity index (χ1) is 12.6. The smallest absolute Gasteiger partial charge is 0.262 e. The second-order valence-corrected chi connectivity index (χ2v) is 6.87. The fourth-order valence-corrected chi connectivity index (χ4v) is 3.62. The topological polar surface area (TPSA) is 79.0 Å². The minimum atomic E-state index is -0.249. The lowest BCUT2D eigenvalue weighted by Crippen LogP contribution is -2.37. The van der Waals surface area contributed by atoms with Crippen molar-refractivity contribution in [2.45, 2.75) is 26.3 Å². The number of amides is 1. The van der Waals surface area contributed by atoms with E-state index in [2.05, 4.69) is 11.1 Å². The normalized spacial score (nSPS) is 10.6. The van der Waals surface area contributed by atoms with Crippen LogP contribution in [0.2, 0.25) is 0 Å². The minimum absolute atomic E-state index is 0.112. The molecule has 3 aromatic rings. The van der Waals surface area contributed by atoms with Crippen LogP contribution in [-0.4, -0.2) is 22.0 Å². The average Bonchev–Trinajstić information content (AvgIpc) is 3.09. The second kappa shape index (κ2) is 7.93. The number of para-hydroxylation sites is 1. The van der Waals surface area contributed by atoms with E-state index in [1.54, 1.807) is 0 Å². The molecule has 0 saturated heterocycles. The summed E-state index contributed by atoms with van der Waals surface area (Å²) in [5, 5.41) is 9.42. The van der Waals surface area contributed by atoms with Crippen molar-refractivity contribution in [1.29, 1.82) is 5.26 Å². The standard InChI is InChI=1S/C19H18N4O2S/c1-2-15-11-16-18(26-15)21-13-22(19(16)25)12-17(24)23(10-6-9-20)14-7-4-3-5-8-14/h3-5,7-8,11,13H,2,6,10,12H2,1H3. The van der Waals surface area contributed by atoms with Crippen LogP contribution in [0.15, 0.2) is 47.5 Å². The number of nitriles is 1. The molecular formula is C19H18N4O2S. The quantitative estimate of drug-likeness (QED) is 0.672. The number of carbonyl (C=O) groups is 1. The van der Waals surface area contributed by atoms with Crippen LogP contribution in [0.25, 0.3) is 10.2 Å². The Morgan fingerprint density at radius 3 is 2.81 bits per heavy atom. The summed E-state index contributed by atoms with van der Waals surface area (Å²) < 4.78 is 1.33. The fourth-order valence-electron chi connectivity index (χ4n) is 2.70. The van der Waals surface area contributed by atoms with E-state index in [0.717, 1.165) is 11.3 Å². The summed E-state index contributed by atoms with van der Waals surface area (Å²) >= 11 is 1.50. The van der Waals surface area contributed by atoms with Crippen molar-refractivity contribution in [2.75, 3.05) is 11.4 Å². The first kappa shape index (κ1) is 17.8. The third-order valence-electron chi connectivity index (χ3n) is 4.04. The van der Waals surface area contributed by atoms with E-state index < -0.39 is 0 Å². The summed E-state index contributed by atoms with van der Waals surface area (Å²) in [5.74, 6) is -0.249. The molecule has 0 spiro atoms. The van der Waals surface area contributed by atoms with Crippen LogP contribution in [-0.2, 0) is 17.8 Å². The Kier molecular flexibility index (Phi) is 5.44. The summed E-state index contributed by atoms with van der Waals surface area (Å²) in [6, 6.07) is 13.1. The van der Waals surface area contributed by atoms with Crippen LogP contribution in [0, 0.1) is 11.3 Å². The van der Waals surface area contributed by atoms with Crippen LogP contribution in [0.1, 0.15) is 18.2 Å². The van der Waals surface area contributed by atoms with E-state index in [1.807, 2.05) is 43.3 Å². The highest BCUT2D eigenvalue weighted by Gasteiger charge is 2.17. The van der Waals surface area contributed by atoms with Crippen molar-refractivity contribution >= 4 is 33.1 Å². The fraction of sp³-hybridized carbons (Fsp3) is 0.263. The predicted octanol–water partition coefficient (Wildman–Crippen LogP) is 2.97. The lowest BCUT2D eigenvalue weighted by molar-refractivity contribution is -0.119. The Morgan fingerprint density at radius 2 is 2.12 bits per heavy atom. The molecule has 0 unspecified atom stereocenters. The molecule has 0 saturated carbocycles. The molecule has 0 aliphatic heterocycles. The average molecular weight is 366 g/mol. The molecule has 6 nitrogen and oxygen atoms in total. The number of aromatic nitrogens is 2. The Bertz CT molecular complexity index is 1020. The zero-order valence-electron chi connectivity index (χ0n) is 14.4. The molecule has 0 radical (unpaired) electrons. The number of anilines is 1. The lowest BCUT2D eigenvalue weighted by Gasteiger charge is -2.22. The van der Waals surface area contributed by atoms with E-state index in [9.17, 15) is 9.59 Å². The molecule has 3 rings (SSSR count). The van der Waals surface area contributed by atoms with Crippen LogP contribution in [0.4, 0.5) is 5.69 Å². The van der Waals surface area contributed by atoms with Crippen molar-refractivity contribution < 1.29 is 4.79 Å². The van der Waals surface area contributed by atoms with Gasteiger partial charge in [-0.1, -0.05) is 25.1 Å². The Morgan fingerprint density at radius 1 is 1.35 bits per heavy atom. The summed E-state index contributed by atoms with van der Waals surface area (Å²) in [5.41, 5.74) is 0.492. The molecule has 2 aromatic heterocycles. The molecule has 0 aliphatic rings. The van der Waals surface area contributed by atoms with E-state index in [1.165, 1.54) is 27.1 Å². The molecule has 0 N–H and O–H groups in total. The highest BCUT2D eigenvalue weighted by atomic mass is 32.1. The SMILES string of the molecule is CCc1cc2c(=O)n(CC(=O)N(CCC#N)c3ccccc3)cnc2s1. The first-order valence-electron chi connectivity index (χ1n) is 8.34. The Labute approximate surface area is 154 Å². The van der Waals surface area contributed by atoms with Crippen LogP contribution in [0.5, 0.6) is 0 Å². The molecule has 1 amide bonds. The van der Waals surface area contributed by atoms with Crippen LogP contribution >= 0.6 is 11.3 Å². The first-order valence-corrected chi connectivity index (χ1v) is 9.16. The molecule has 0 aliphatic carbocycles. The maximum Gasteiger partial charge on any atom is 0.262 e. The van der Waals surface area contributed by atoms with Gasteiger partial charge in [-0.25, -0.2) is 4.98 Å². The molecule has 1 aromatic carbocycles. The van der Waals surface area contributed by atoms with Gasteiger partial charge in [-0.15, -0.1) is 11.3 Å². The largest absolute Gasteiger partial charge is 0.310 e. The molecule has 0 atom stereocenters. The van der Waals surface area contributed by atoms with E-state index >= 15 is 0 Å². The van der Waals surface area contributed by atoms with Gasteiger partial charge in [-0.2, -0.15) is 5.26 Å². The molecule has 26 heavy (non-hydrogen) atoms. The number of thiophene rings is 1. The highest BCUT2D eigenvalue weighted by Crippen LogP contribution is 2.21. The molecule has 7 heteroatoms. The maximum atomic E-state index is 12.8. The van der Waals surface area contributed by atoms with Crippen molar-refractivity contribution in [3.8, 4) is 6.07 Å². The van der Waals surface area contributed by atoms with E-state index in [4.69, 9.17) is 5.26 Å². The van der Waals surface area contributed by atoms with Gasteiger partial charge in [0.05, 0.1) is 24.2 Å². The van der Waals surface area contributed by atoms with Gasteiger partial charge in [0.15, 0.2) is 0 Å². The zero-order chi connectivity index (χ0) is 18.5. The summed E-state index contributed by atoms with van der Waals surface area (Å²) in [4.78, 5) is 33.1. The zero-order valence-corrected chi connectivity index (χ0v) is 15.2. The number of carbonyl (C=O) groups excluding carboxylic acids is 1. The number of hydrogen-bond acceptors (Lipinski definition) is 5. The lowest BCUT2D eigenvalue weighted by atomic mass is 10.2. The number of nitrogens with zero attached hydrogens (tertiary/aromatic N) is 4. The van der Waals surface area contributed by atoms with Gasteiger partial charge < -0.3 is 4.90 Å². The number of rotatable bonds is 6. The summed E-state index contributed by atoms with van der Waals surface area (Å²) in [7, 11) is 0. The number of hydrogen-bond donors (Lipinski definition) is 0. The van der Waals surface area contributed by atoms with Gasteiger partial charge in [0.2, 0.25) is 5.91 Å². The Balaban J connectivity index is 1.89. The number of fused-ring (bicyclic) bond motifs is 1. The summed E-state index contributed by atoms with van der Waals surface area (Å²) in [6.45, 7) is 2.20. The second-order valence-electron chi connectivity index (χ2n) is 5.75. The molecule has 132 valence electrons. The van der Waals surface area contributed by atoms with Gasteiger partial charge in [0, 0.05) is 17.1 Å². The third-order valence-corrected chi connectivity index (χ3v) is 5.23. The van der Waals surface area contributed by atoms with Crippen molar-refractivity contribution in [3.05, 3.63) is 58.0 Å². The van der Waals surface area contributed by atoms with Gasteiger partial charge >= 0.3 is 0 Å². The maximum absolute atomic E-state index is 12.8. The van der Waals surface area contributed by atoms with Gasteiger partial charge in [0.1, 0.15) is 11.4 Å². The van der Waals surface area contributed by atoms with Gasteiger partial charge in [-0.05, 0) is 24.6 Å². The predicted molar refractivity (Wildman–Crippen MR) is 102 cm³/mol. The van der Waals surface area contributed by atoms with Gasteiger partial charge in [-0.3, -0.25) is 14.2 Å². The van der Waals surface area contributed by atoms with Crippen LogP contribution in [0.3, 0.4) is 0 Å².